The fourth-order valence-corrected chi connectivity index (χ4v) is 2.23. The first-order valence-electron chi connectivity index (χ1n) is 5.01. The molecule has 2 rings (SSSR count). The number of carbonyl (C=O) groups excluding carboxylic acids is 1. The number of methoxy groups -OCH3 is 1. The molecule has 2 aromatic heterocycles. The predicted molar refractivity (Wildman–Crippen MR) is 68.9 cm³/mol. The summed E-state index contributed by atoms with van der Waals surface area (Å²) in [5.74, 6) is 0.304. The highest BCUT2D eigenvalue weighted by molar-refractivity contribution is 9.10. The zero-order chi connectivity index (χ0) is 12.4. The normalized spacial score (nSPS) is 10.8. The molecular weight excluding hydrogens is 286 g/mol. The lowest BCUT2D eigenvalue weighted by atomic mass is 10.3. The van der Waals surface area contributed by atoms with Gasteiger partial charge in [0.15, 0.2) is 0 Å². The number of hydrogen-bond donors (Lipinski definition) is 1. The van der Waals surface area contributed by atoms with E-state index in [9.17, 15) is 4.79 Å². The predicted octanol–water partition coefficient (Wildman–Crippen LogP) is 1.92. The van der Waals surface area contributed by atoms with E-state index in [-0.39, 0.29) is 12.5 Å². The minimum absolute atomic E-state index is 0.0235. The lowest BCUT2D eigenvalue weighted by Gasteiger charge is -2.04. The van der Waals surface area contributed by atoms with Gasteiger partial charge >= 0.3 is 0 Å². The first kappa shape index (κ1) is 12.1. The molecule has 1 N–H and O–H groups in total. The van der Waals surface area contributed by atoms with Gasteiger partial charge < -0.3 is 14.6 Å². The number of amides is 1. The van der Waals surface area contributed by atoms with E-state index in [1.807, 2.05) is 23.9 Å². The number of rotatable bonds is 3. The van der Waals surface area contributed by atoms with Crippen LogP contribution in [0.25, 0.3) is 10.9 Å². The summed E-state index contributed by atoms with van der Waals surface area (Å²) < 4.78 is 7.68. The molecular formula is C11H12BrN3O2. The molecule has 2 aromatic rings. The van der Waals surface area contributed by atoms with Gasteiger partial charge in [-0.25, -0.2) is 4.98 Å². The summed E-state index contributed by atoms with van der Waals surface area (Å²) in [5.41, 5.74) is 1.00. The maximum Gasteiger partial charge on any atom is 0.251 e. The topological polar surface area (TPSA) is 56.1 Å². The Bertz CT molecular complexity index is 565. The molecule has 0 aliphatic heterocycles. The summed E-state index contributed by atoms with van der Waals surface area (Å²) in [4.78, 5) is 15.5. The van der Waals surface area contributed by atoms with Crippen LogP contribution in [0.1, 0.15) is 0 Å². The molecule has 0 aliphatic rings. The Labute approximate surface area is 107 Å². The number of nitrogens with zero attached hydrogens (tertiary/aromatic N) is 2. The Morgan fingerprint density at radius 3 is 3.12 bits per heavy atom. The summed E-state index contributed by atoms with van der Waals surface area (Å²) in [7, 11) is 3.42. The molecule has 1 amide bonds. The Morgan fingerprint density at radius 2 is 2.41 bits per heavy atom. The molecule has 0 saturated carbocycles. The third-order valence-corrected chi connectivity index (χ3v) is 3.00. The molecule has 6 heteroatoms. The molecule has 0 fully saturated rings. The number of nitrogens with one attached hydrogen (secondary N) is 1. The van der Waals surface area contributed by atoms with E-state index in [0.29, 0.717) is 5.82 Å². The van der Waals surface area contributed by atoms with Gasteiger partial charge in [-0.05, 0) is 22.0 Å². The van der Waals surface area contributed by atoms with Crippen molar-refractivity contribution in [3.8, 4) is 0 Å². The zero-order valence-electron chi connectivity index (χ0n) is 9.53. The van der Waals surface area contributed by atoms with Crippen LogP contribution in [0.2, 0.25) is 0 Å². The van der Waals surface area contributed by atoms with Gasteiger partial charge in [0.25, 0.3) is 5.91 Å². The molecule has 0 aromatic carbocycles. The molecule has 2 heterocycles. The fourth-order valence-electron chi connectivity index (χ4n) is 1.61. The highest BCUT2D eigenvalue weighted by Gasteiger charge is 2.08. The van der Waals surface area contributed by atoms with E-state index in [1.165, 1.54) is 7.11 Å². The number of pyridine rings is 1. The van der Waals surface area contributed by atoms with Crippen molar-refractivity contribution in [2.75, 3.05) is 19.0 Å². The van der Waals surface area contributed by atoms with Crippen LogP contribution in [0.3, 0.4) is 0 Å². The number of ether oxygens (including phenoxy) is 1. The van der Waals surface area contributed by atoms with Gasteiger partial charge in [-0.1, -0.05) is 0 Å². The average molecular weight is 298 g/mol. The average Bonchev–Trinajstić information content (AvgIpc) is 2.55. The first-order chi connectivity index (χ1) is 8.11. The van der Waals surface area contributed by atoms with Gasteiger partial charge in [0.2, 0.25) is 0 Å². The highest BCUT2D eigenvalue weighted by Crippen LogP contribution is 2.26. The number of carbonyl (C=O) groups is 1. The highest BCUT2D eigenvalue weighted by atomic mass is 79.9. The van der Waals surface area contributed by atoms with Crippen LogP contribution >= 0.6 is 15.9 Å². The zero-order valence-corrected chi connectivity index (χ0v) is 11.1. The van der Waals surface area contributed by atoms with Gasteiger partial charge in [0, 0.05) is 30.2 Å². The van der Waals surface area contributed by atoms with Crippen LogP contribution in [0, 0.1) is 0 Å². The second-order valence-electron chi connectivity index (χ2n) is 3.66. The molecule has 0 saturated heterocycles. The molecule has 17 heavy (non-hydrogen) atoms. The monoisotopic (exact) mass is 297 g/mol. The van der Waals surface area contributed by atoms with Crippen molar-refractivity contribution in [3.05, 3.63) is 22.9 Å². The van der Waals surface area contributed by atoms with Crippen molar-refractivity contribution in [3.63, 3.8) is 0 Å². The van der Waals surface area contributed by atoms with Gasteiger partial charge in [0.1, 0.15) is 12.4 Å². The SMILES string of the molecule is COCC(=O)Nc1cc2c(Br)cn(C)c2cn1. The van der Waals surface area contributed by atoms with Crippen molar-refractivity contribution in [1.82, 2.24) is 9.55 Å². The lowest BCUT2D eigenvalue weighted by Crippen LogP contribution is -2.17. The number of anilines is 1. The van der Waals surface area contributed by atoms with Crippen molar-refractivity contribution < 1.29 is 9.53 Å². The third-order valence-electron chi connectivity index (χ3n) is 2.37. The van der Waals surface area contributed by atoms with Gasteiger partial charge in [-0.15, -0.1) is 0 Å². The van der Waals surface area contributed by atoms with Crippen LogP contribution < -0.4 is 5.32 Å². The van der Waals surface area contributed by atoms with Crippen molar-refractivity contribution in [1.29, 1.82) is 0 Å². The smallest absolute Gasteiger partial charge is 0.251 e. The number of hydrogen-bond acceptors (Lipinski definition) is 3. The number of aromatic nitrogens is 2. The summed E-state index contributed by atoms with van der Waals surface area (Å²) in [6, 6.07) is 1.83. The van der Waals surface area contributed by atoms with Crippen molar-refractivity contribution >= 4 is 38.6 Å². The molecule has 0 bridgehead atoms. The standard InChI is InChI=1S/C11H12BrN3O2/c1-15-5-8(12)7-3-10(13-4-9(7)15)14-11(16)6-17-2/h3-5H,6H2,1-2H3,(H,13,14,16). The number of aryl methyl sites for hydroxylation is 1. The lowest BCUT2D eigenvalue weighted by molar-refractivity contribution is -0.119. The summed E-state index contributed by atoms with van der Waals surface area (Å²) in [6.07, 6.45) is 3.68. The van der Waals surface area contributed by atoms with Crippen LogP contribution in [-0.4, -0.2) is 29.2 Å². The largest absolute Gasteiger partial charge is 0.375 e. The second kappa shape index (κ2) is 4.85. The molecule has 0 atom stereocenters. The number of halogens is 1. The Hall–Kier alpha value is -1.40. The van der Waals surface area contributed by atoms with E-state index in [4.69, 9.17) is 4.74 Å². The van der Waals surface area contributed by atoms with E-state index in [2.05, 4.69) is 26.2 Å². The third kappa shape index (κ3) is 2.48. The minimum atomic E-state index is -0.216. The van der Waals surface area contributed by atoms with Crippen LogP contribution in [0.4, 0.5) is 5.82 Å². The minimum Gasteiger partial charge on any atom is -0.375 e. The second-order valence-corrected chi connectivity index (χ2v) is 4.51. The molecule has 5 nitrogen and oxygen atoms in total. The molecule has 0 radical (unpaired) electrons. The van der Waals surface area contributed by atoms with Gasteiger partial charge in [-0.2, -0.15) is 0 Å². The molecule has 0 aliphatic carbocycles. The van der Waals surface area contributed by atoms with Crippen molar-refractivity contribution in [2.24, 2.45) is 7.05 Å². The Kier molecular flexibility index (Phi) is 3.44. The van der Waals surface area contributed by atoms with E-state index in [1.54, 1.807) is 6.20 Å². The molecule has 90 valence electrons. The van der Waals surface area contributed by atoms with Crippen LogP contribution in [-0.2, 0) is 16.6 Å². The Morgan fingerprint density at radius 1 is 1.65 bits per heavy atom. The van der Waals surface area contributed by atoms with Gasteiger partial charge in [0.05, 0.1) is 11.7 Å². The number of fused-ring (bicyclic) bond motifs is 1. The Balaban J connectivity index is 2.31. The van der Waals surface area contributed by atoms with E-state index < -0.39 is 0 Å². The maximum absolute atomic E-state index is 11.3. The maximum atomic E-state index is 11.3. The summed E-state index contributed by atoms with van der Waals surface area (Å²) >= 11 is 3.46. The van der Waals surface area contributed by atoms with Crippen LogP contribution in [0.15, 0.2) is 22.9 Å². The van der Waals surface area contributed by atoms with Gasteiger partial charge in [-0.3, -0.25) is 4.79 Å². The summed E-state index contributed by atoms with van der Waals surface area (Å²) in [5, 5.41) is 3.68. The van der Waals surface area contributed by atoms with E-state index in [0.717, 1.165) is 15.4 Å². The van der Waals surface area contributed by atoms with Crippen LogP contribution in [0.5, 0.6) is 0 Å². The quantitative estimate of drug-likeness (QED) is 0.942. The fraction of sp³-hybridized carbons (Fsp3) is 0.273. The summed E-state index contributed by atoms with van der Waals surface area (Å²) in [6.45, 7) is 0.0235. The van der Waals surface area contributed by atoms with Crippen molar-refractivity contribution in [2.45, 2.75) is 0 Å². The first-order valence-corrected chi connectivity index (χ1v) is 5.80. The van der Waals surface area contributed by atoms with E-state index >= 15 is 0 Å². The molecule has 0 spiro atoms. The molecule has 0 unspecified atom stereocenters.